The standard InChI is InChI=1S/C11H14O4S/c1-9-2-4-10(5-3-9)16(12,13)11-8-14-6-7-15-11/h2-5,11H,6-8H2,1H3. The van der Waals surface area contributed by atoms with Gasteiger partial charge in [0.25, 0.3) is 0 Å². The van der Waals surface area contributed by atoms with Crippen molar-refractivity contribution >= 4 is 9.84 Å². The van der Waals surface area contributed by atoms with E-state index in [1.54, 1.807) is 24.3 Å². The number of rotatable bonds is 2. The third-order valence-electron chi connectivity index (χ3n) is 2.48. The Morgan fingerprint density at radius 2 is 1.88 bits per heavy atom. The molecule has 1 aromatic rings. The molecule has 1 fully saturated rings. The Labute approximate surface area is 95.1 Å². The Bertz CT molecular complexity index is 443. The van der Waals surface area contributed by atoms with E-state index < -0.39 is 15.3 Å². The molecule has 0 spiro atoms. The summed E-state index contributed by atoms with van der Waals surface area (Å²) >= 11 is 0. The van der Waals surface area contributed by atoms with Crippen molar-refractivity contribution in [1.82, 2.24) is 0 Å². The summed E-state index contributed by atoms with van der Waals surface area (Å²) in [5.74, 6) is 0. The summed E-state index contributed by atoms with van der Waals surface area (Å²) in [6, 6.07) is 6.75. The van der Waals surface area contributed by atoms with Crippen molar-refractivity contribution in [2.75, 3.05) is 19.8 Å². The van der Waals surface area contributed by atoms with Gasteiger partial charge in [-0.3, -0.25) is 0 Å². The number of benzene rings is 1. The van der Waals surface area contributed by atoms with Gasteiger partial charge in [0.05, 0.1) is 24.7 Å². The van der Waals surface area contributed by atoms with E-state index in [-0.39, 0.29) is 11.5 Å². The summed E-state index contributed by atoms with van der Waals surface area (Å²) in [6.45, 7) is 2.81. The van der Waals surface area contributed by atoms with Crippen LogP contribution >= 0.6 is 0 Å². The molecule has 0 aliphatic carbocycles. The number of aryl methyl sites for hydroxylation is 1. The second-order valence-corrected chi connectivity index (χ2v) is 5.82. The molecule has 0 saturated carbocycles. The van der Waals surface area contributed by atoms with Crippen LogP contribution in [0.1, 0.15) is 5.56 Å². The van der Waals surface area contributed by atoms with Crippen LogP contribution in [0.5, 0.6) is 0 Å². The number of sulfone groups is 1. The lowest BCUT2D eigenvalue weighted by atomic mass is 10.2. The van der Waals surface area contributed by atoms with Crippen molar-refractivity contribution in [1.29, 1.82) is 0 Å². The Balaban J connectivity index is 2.27. The summed E-state index contributed by atoms with van der Waals surface area (Å²) in [7, 11) is -3.43. The maximum atomic E-state index is 12.1. The van der Waals surface area contributed by atoms with Crippen LogP contribution in [0, 0.1) is 6.92 Å². The molecule has 1 aromatic carbocycles. The Hall–Kier alpha value is -0.910. The second kappa shape index (κ2) is 4.53. The minimum atomic E-state index is -3.43. The van der Waals surface area contributed by atoms with Crippen LogP contribution in [0.15, 0.2) is 29.2 Å². The zero-order valence-electron chi connectivity index (χ0n) is 9.05. The fraction of sp³-hybridized carbons (Fsp3) is 0.455. The lowest BCUT2D eigenvalue weighted by Gasteiger charge is -2.22. The van der Waals surface area contributed by atoms with Gasteiger partial charge in [-0.25, -0.2) is 8.42 Å². The van der Waals surface area contributed by atoms with Crippen molar-refractivity contribution < 1.29 is 17.9 Å². The number of ether oxygens (including phenoxy) is 2. The largest absolute Gasteiger partial charge is 0.375 e. The Kier molecular flexibility index (Phi) is 3.28. The molecular weight excluding hydrogens is 228 g/mol. The molecular formula is C11H14O4S. The van der Waals surface area contributed by atoms with Gasteiger partial charge in [0.15, 0.2) is 5.44 Å². The van der Waals surface area contributed by atoms with E-state index in [0.717, 1.165) is 5.56 Å². The normalized spacial score (nSPS) is 21.9. The molecule has 16 heavy (non-hydrogen) atoms. The van der Waals surface area contributed by atoms with E-state index in [1.165, 1.54) is 0 Å². The highest BCUT2D eigenvalue weighted by Gasteiger charge is 2.30. The van der Waals surface area contributed by atoms with Crippen molar-refractivity contribution in [2.24, 2.45) is 0 Å². The fourth-order valence-electron chi connectivity index (χ4n) is 1.53. The molecule has 5 heteroatoms. The molecule has 0 bridgehead atoms. The van der Waals surface area contributed by atoms with Crippen LogP contribution in [0.2, 0.25) is 0 Å². The van der Waals surface area contributed by atoms with Crippen molar-refractivity contribution in [3.63, 3.8) is 0 Å². The van der Waals surface area contributed by atoms with Crippen LogP contribution in [-0.2, 0) is 19.3 Å². The van der Waals surface area contributed by atoms with Crippen LogP contribution in [0.4, 0.5) is 0 Å². The molecule has 1 heterocycles. The third-order valence-corrected chi connectivity index (χ3v) is 4.37. The fourth-order valence-corrected chi connectivity index (χ4v) is 2.89. The monoisotopic (exact) mass is 242 g/mol. The zero-order chi connectivity index (χ0) is 11.6. The summed E-state index contributed by atoms with van der Waals surface area (Å²) in [4.78, 5) is 0.286. The molecule has 1 atom stereocenters. The summed E-state index contributed by atoms with van der Waals surface area (Å²) in [6.07, 6.45) is 0. The Morgan fingerprint density at radius 3 is 2.44 bits per heavy atom. The SMILES string of the molecule is Cc1ccc(S(=O)(=O)C2COCCO2)cc1. The quantitative estimate of drug-likeness (QED) is 0.780. The van der Waals surface area contributed by atoms with Crippen molar-refractivity contribution in [3.05, 3.63) is 29.8 Å². The molecule has 88 valence electrons. The first-order valence-corrected chi connectivity index (χ1v) is 6.65. The second-order valence-electron chi connectivity index (χ2n) is 3.73. The van der Waals surface area contributed by atoms with Gasteiger partial charge in [-0.1, -0.05) is 17.7 Å². The zero-order valence-corrected chi connectivity index (χ0v) is 9.87. The summed E-state index contributed by atoms with van der Waals surface area (Å²) in [5, 5.41) is 0. The van der Waals surface area contributed by atoms with Crippen LogP contribution in [0.25, 0.3) is 0 Å². The van der Waals surface area contributed by atoms with Gasteiger partial charge in [-0.2, -0.15) is 0 Å². The van der Waals surface area contributed by atoms with E-state index in [4.69, 9.17) is 9.47 Å². The molecule has 0 N–H and O–H groups in total. The van der Waals surface area contributed by atoms with E-state index >= 15 is 0 Å². The predicted molar refractivity (Wildman–Crippen MR) is 58.9 cm³/mol. The van der Waals surface area contributed by atoms with Gasteiger partial charge in [-0.05, 0) is 19.1 Å². The smallest absolute Gasteiger partial charge is 0.207 e. The highest BCUT2D eigenvalue weighted by atomic mass is 32.2. The summed E-state index contributed by atoms with van der Waals surface area (Å²) < 4.78 is 34.5. The van der Waals surface area contributed by atoms with E-state index in [9.17, 15) is 8.42 Å². The molecule has 0 radical (unpaired) electrons. The summed E-state index contributed by atoms with van der Waals surface area (Å²) in [5.41, 5.74) is 0.156. The highest BCUT2D eigenvalue weighted by Crippen LogP contribution is 2.19. The average Bonchev–Trinajstić information content (AvgIpc) is 2.31. The predicted octanol–water partition coefficient (Wildman–Crippen LogP) is 1.14. The lowest BCUT2D eigenvalue weighted by molar-refractivity contribution is -0.0536. The van der Waals surface area contributed by atoms with E-state index in [1.807, 2.05) is 6.92 Å². The highest BCUT2D eigenvalue weighted by molar-refractivity contribution is 7.92. The molecule has 2 rings (SSSR count). The molecule has 4 nitrogen and oxygen atoms in total. The van der Waals surface area contributed by atoms with Gasteiger partial charge in [0.1, 0.15) is 0 Å². The first-order chi connectivity index (χ1) is 7.60. The Morgan fingerprint density at radius 1 is 1.19 bits per heavy atom. The molecule has 0 aromatic heterocycles. The van der Waals surface area contributed by atoms with E-state index in [2.05, 4.69) is 0 Å². The van der Waals surface area contributed by atoms with Crippen molar-refractivity contribution in [2.45, 2.75) is 17.3 Å². The number of hydrogen-bond acceptors (Lipinski definition) is 4. The third kappa shape index (κ3) is 2.26. The van der Waals surface area contributed by atoms with Gasteiger partial charge < -0.3 is 9.47 Å². The topological polar surface area (TPSA) is 52.6 Å². The van der Waals surface area contributed by atoms with Crippen LogP contribution < -0.4 is 0 Å². The minimum Gasteiger partial charge on any atom is -0.375 e. The first kappa shape index (κ1) is 11.6. The maximum absolute atomic E-state index is 12.1. The average molecular weight is 242 g/mol. The van der Waals surface area contributed by atoms with E-state index in [0.29, 0.717) is 13.2 Å². The van der Waals surface area contributed by atoms with Crippen LogP contribution in [0.3, 0.4) is 0 Å². The molecule has 1 unspecified atom stereocenters. The first-order valence-electron chi connectivity index (χ1n) is 5.10. The van der Waals surface area contributed by atoms with Crippen molar-refractivity contribution in [3.8, 4) is 0 Å². The maximum Gasteiger partial charge on any atom is 0.207 e. The minimum absolute atomic E-state index is 0.107. The number of hydrogen-bond donors (Lipinski definition) is 0. The van der Waals surface area contributed by atoms with Gasteiger partial charge in [0.2, 0.25) is 9.84 Å². The van der Waals surface area contributed by atoms with Gasteiger partial charge in [-0.15, -0.1) is 0 Å². The van der Waals surface area contributed by atoms with Crippen LogP contribution in [-0.4, -0.2) is 33.7 Å². The molecule has 1 saturated heterocycles. The molecule has 1 aliphatic heterocycles. The lowest BCUT2D eigenvalue weighted by Crippen LogP contribution is -2.35. The molecule has 0 amide bonds. The van der Waals surface area contributed by atoms with Gasteiger partial charge in [0, 0.05) is 0 Å². The van der Waals surface area contributed by atoms with Gasteiger partial charge >= 0.3 is 0 Å². The molecule has 1 aliphatic rings.